The Morgan fingerprint density at radius 3 is 2.76 bits per heavy atom. The number of amides is 1. The molecule has 0 bridgehead atoms. The summed E-state index contributed by atoms with van der Waals surface area (Å²) in [6.07, 6.45) is 5.30. The van der Waals surface area contributed by atoms with E-state index in [9.17, 15) is 4.79 Å². The molecule has 1 N–H and O–H groups in total. The van der Waals surface area contributed by atoms with Crippen LogP contribution in [0.15, 0.2) is 24.5 Å². The molecule has 0 aromatic carbocycles. The normalized spacial score (nSPS) is 17.7. The van der Waals surface area contributed by atoms with E-state index in [1.54, 1.807) is 6.20 Å². The van der Waals surface area contributed by atoms with Crippen molar-refractivity contribution in [2.75, 3.05) is 39.8 Å². The molecule has 1 aromatic rings. The van der Waals surface area contributed by atoms with Gasteiger partial charge in [-0.05, 0) is 38.6 Å². The second-order valence-electron chi connectivity index (χ2n) is 5.59. The van der Waals surface area contributed by atoms with E-state index in [4.69, 9.17) is 0 Å². The van der Waals surface area contributed by atoms with Crippen LogP contribution < -0.4 is 5.32 Å². The van der Waals surface area contributed by atoms with E-state index in [0.29, 0.717) is 18.4 Å². The fourth-order valence-corrected chi connectivity index (χ4v) is 2.77. The first-order valence-corrected chi connectivity index (χ1v) is 7.78. The first-order valence-electron chi connectivity index (χ1n) is 7.78. The van der Waals surface area contributed by atoms with Gasteiger partial charge in [0.15, 0.2) is 0 Å². The van der Waals surface area contributed by atoms with Gasteiger partial charge in [-0.1, -0.05) is 6.07 Å². The predicted octanol–water partition coefficient (Wildman–Crippen LogP) is 1.29. The van der Waals surface area contributed by atoms with Gasteiger partial charge in [0, 0.05) is 51.0 Å². The van der Waals surface area contributed by atoms with Crippen LogP contribution in [-0.2, 0) is 4.79 Å². The molecule has 0 saturated carbocycles. The van der Waals surface area contributed by atoms with E-state index < -0.39 is 0 Å². The van der Waals surface area contributed by atoms with Crippen LogP contribution in [0.2, 0.25) is 0 Å². The SMILES string of the molecule is CNCCCC(=O)N1CCN(C(C)c2cccnc2)CC1. The van der Waals surface area contributed by atoms with Crippen LogP contribution >= 0.6 is 0 Å². The van der Waals surface area contributed by atoms with Crippen molar-refractivity contribution in [2.45, 2.75) is 25.8 Å². The highest BCUT2D eigenvalue weighted by Crippen LogP contribution is 2.20. The Hall–Kier alpha value is -1.46. The van der Waals surface area contributed by atoms with E-state index >= 15 is 0 Å². The molecule has 2 heterocycles. The number of hydrogen-bond acceptors (Lipinski definition) is 4. The summed E-state index contributed by atoms with van der Waals surface area (Å²) in [5.41, 5.74) is 1.24. The second-order valence-corrected chi connectivity index (χ2v) is 5.59. The summed E-state index contributed by atoms with van der Waals surface area (Å²) >= 11 is 0. The summed E-state index contributed by atoms with van der Waals surface area (Å²) in [6, 6.07) is 4.46. The molecular weight excluding hydrogens is 264 g/mol. The Morgan fingerprint density at radius 1 is 1.38 bits per heavy atom. The van der Waals surface area contributed by atoms with Crippen LogP contribution in [0.25, 0.3) is 0 Å². The molecule has 1 unspecified atom stereocenters. The summed E-state index contributed by atoms with van der Waals surface area (Å²) in [5.74, 6) is 0.291. The maximum Gasteiger partial charge on any atom is 0.222 e. The van der Waals surface area contributed by atoms with Crippen LogP contribution in [0.1, 0.15) is 31.4 Å². The number of nitrogens with one attached hydrogen (secondary N) is 1. The van der Waals surface area contributed by atoms with Crippen molar-refractivity contribution < 1.29 is 4.79 Å². The highest BCUT2D eigenvalue weighted by molar-refractivity contribution is 5.76. The van der Waals surface area contributed by atoms with Gasteiger partial charge in [0.2, 0.25) is 5.91 Å². The first-order chi connectivity index (χ1) is 10.2. The minimum atomic E-state index is 0.291. The number of carbonyl (C=O) groups is 1. The average Bonchev–Trinajstić information content (AvgIpc) is 2.55. The molecule has 2 rings (SSSR count). The molecule has 1 amide bonds. The summed E-state index contributed by atoms with van der Waals surface area (Å²) in [5, 5.41) is 3.08. The molecule has 0 spiro atoms. The summed E-state index contributed by atoms with van der Waals surface area (Å²) in [4.78, 5) is 20.7. The number of nitrogens with zero attached hydrogens (tertiary/aromatic N) is 3. The molecule has 0 radical (unpaired) electrons. The van der Waals surface area contributed by atoms with Crippen molar-refractivity contribution in [3.63, 3.8) is 0 Å². The second kappa shape index (κ2) is 8.10. The third-order valence-corrected chi connectivity index (χ3v) is 4.20. The standard InChI is InChI=1S/C16H26N4O/c1-14(15-5-3-8-18-13-15)19-9-11-20(12-10-19)16(21)6-4-7-17-2/h3,5,8,13-14,17H,4,6-7,9-12H2,1-2H3. The van der Waals surface area contributed by atoms with Crippen LogP contribution in [0, 0.1) is 0 Å². The van der Waals surface area contributed by atoms with E-state index in [-0.39, 0.29) is 0 Å². The van der Waals surface area contributed by atoms with Crippen molar-refractivity contribution in [3.05, 3.63) is 30.1 Å². The third-order valence-electron chi connectivity index (χ3n) is 4.20. The van der Waals surface area contributed by atoms with Gasteiger partial charge in [-0.25, -0.2) is 0 Å². The molecule has 1 fully saturated rings. The van der Waals surface area contributed by atoms with Crippen molar-refractivity contribution >= 4 is 5.91 Å². The van der Waals surface area contributed by atoms with Gasteiger partial charge in [0.25, 0.3) is 0 Å². The topological polar surface area (TPSA) is 48.5 Å². The Balaban J connectivity index is 1.79. The maximum absolute atomic E-state index is 12.1. The molecule has 1 aromatic heterocycles. The number of rotatable bonds is 6. The molecule has 1 atom stereocenters. The minimum absolute atomic E-state index is 0.291. The zero-order chi connectivity index (χ0) is 15.1. The van der Waals surface area contributed by atoms with E-state index in [1.807, 2.05) is 24.2 Å². The average molecular weight is 290 g/mol. The highest BCUT2D eigenvalue weighted by Gasteiger charge is 2.24. The minimum Gasteiger partial charge on any atom is -0.340 e. The highest BCUT2D eigenvalue weighted by atomic mass is 16.2. The smallest absolute Gasteiger partial charge is 0.222 e. The number of hydrogen-bond donors (Lipinski definition) is 1. The van der Waals surface area contributed by atoms with Crippen molar-refractivity contribution in [2.24, 2.45) is 0 Å². The summed E-state index contributed by atoms with van der Waals surface area (Å²) < 4.78 is 0. The molecule has 5 heteroatoms. The lowest BCUT2D eigenvalue weighted by molar-refractivity contribution is -0.133. The van der Waals surface area contributed by atoms with Crippen molar-refractivity contribution in [1.29, 1.82) is 0 Å². The lowest BCUT2D eigenvalue weighted by Gasteiger charge is -2.38. The van der Waals surface area contributed by atoms with Gasteiger partial charge >= 0.3 is 0 Å². The van der Waals surface area contributed by atoms with Crippen LogP contribution in [0.4, 0.5) is 0 Å². The molecule has 1 aliphatic rings. The van der Waals surface area contributed by atoms with E-state index in [1.165, 1.54) is 5.56 Å². The molecule has 21 heavy (non-hydrogen) atoms. The van der Waals surface area contributed by atoms with Crippen molar-refractivity contribution in [1.82, 2.24) is 20.1 Å². The molecule has 1 aliphatic heterocycles. The molecular formula is C16H26N4O. The fraction of sp³-hybridized carbons (Fsp3) is 0.625. The van der Waals surface area contributed by atoms with Gasteiger partial charge < -0.3 is 10.2 Å². The lowest BCUT2D eigenvalue weighted by atomic mass is 10.1. The molecule has 0 aliphatic carbocycles. The molecule has 5 nitrogen and oxygen atoms in total. The number of carbonyl (C=O) groups excluding carboxylic acids is 1. The van der Waals surface area contributed by atoms with Crippen LogP contribution in [0.5, 0.6) is 0 Å². The van der Waals surface area contributed by atoms with Gasteiger partial charge in [-0.3, -0.25) is 14.7 Å². The van der Waals surface area contributed by atoms with Gasteiger partial charge in [0.1, 0.15) is 0 Å². The quantitative estimate of drug-likeness (QED) is 0.802. The molecule has 116 valence electrons. The van der Waals surface area contributed by atoms with Gasteiger partial charge in [-0.2, -0.15) is 0 Å². The number of pyridine rings is 1. The Kier molecular flexibility index (Phi) is 6.14. The first kappa shape index (κ1) is 15.9. The predicted molar refractivity (Wildman–Crippen MR) is 84.0 cm³/mol. The zero-order valence-corrected chi connectivity index (χ0v) is 13.1. The zero-order valence-electron chi connectivity index (χ0n) is 13.1. The summed E-state index contributed by atoms with van der Waals surface area (Å²) in [6.45, 7) is 6.67. The maximum atomic E-state index is 12.1. The monoisotopic (exact) mass is 290 g/mol. The lowest BCUT2D eigenvalue weighted by Crippen LogP contribution is -2.49. The van der Waals surface area contributed by atoms with E-state index in [0.717, 1.165) is 39.1 Å². The fourth-order valence-electron chi connectivity index (χ4n) is 2.77. The Labute approximate surface area is 127 Å². The van der Waals surface area contributed by atoms with Gasteiger partial charge in [-0.15, -0.1) is 0 Å². The third kappa shape index (κ3) is 4.51. The Morgan fingerprint density at radius 2 is 2.14 bits per heavy atom. The van der Waals surface area contributed by atoms with Crippen LogP contribution in [0.3, 0.4) is 0 Å². The van der Waals surface area contributed by atoms with Crippen molar-refractivity contribution in [3.8, 4) is 0 Å². The number of aromatic nitrogens is 1. The summed E-state index contributed by atoms with van der Waals surface area (Å²) in [7, 11) is 1.92. The largest absolute Gasteiger partial charge is 0.340 e. The molecule has 1 saturated heterocycles. The van der Waals surface area contributed by atoms with E-state index in [2.05, 4.69) is 28.2 Å². The Bertz CT molecular complexity index is 429. The number of piperazine rings is 1. The van der Waals surface area contributed by atoms with Gasteiger partial charge in [0.05, 0.1) is 0 Å². The van der Waals surface area contributed by atoms with Crippen LogP contribution in [-0.4, -0.2) is 60.5 Å².